The molecule has 3 atom stereocenters. The van der Waals surface area contributed by atoms with E-state index >= 15 is 0 Å². The number of hydrogen-bond donors (Lipinski definition) is 7. The molecule has 0 saturated heterocycles. The number of rotatable bonds is 13. The molecule has 12 heteroatoms. The van der Waals surface area contributed by atoms with Crippen LogP contribution in [0.15, 0.2) is 54.6 Å². The van der Waals surface area contributed by atoms with Crippen LogP contribution >= 0.6 is 0 Å². The molecule has 3 unspecified atom stereocenters. The van der Waals surface area contributed by atoms with Crippen molar-refractivity contribution in [3.05, 3.63) is 65.7 Å². The first kappa shape index (κ1) is 27.8. The Hall–Kier alpha value is -4.45. The van der Waals surface area contributed by atoms with E-state index in [1.807, 2.05) is 0 Å². The van der Waals surface area contributed by atoms with Crippen molar-refractivity contribution in [2.45, 2.75) is 37.4 Å². The molecule has 0 aliphatic rings. The third-order valence-corrected chi connectivity index (χ3v) is 5.11. The first-order valence-electron chi connectivity index (χ1n) is 11.0. The minimum atomic E-state index is -1.28. The van der Waals surface area contributed by atoms with Crippen molar-refractivity contribution in [3.8, 4) is 5.75 Å². The number of amides is 4. The predicted octanol–water partition coefficient (Wildman–Crippen LogP) is -1.45. The Morgan fingerprint density at radius 2 is 1.39 bits per heavy atom. The van der Waals surface area contributed by atoms with Crippen LogP contribution < -0.4 is 27.4 Å². The van der Waals surface area contributed by atoms with Gasteiger partial charge in [0.1, 0.15) is 17.8 Å². The van der Waals surface area contributed by atoms with Crippen LogP contribution in [0, 0.1) is 0 Å². The maximum atomic E-state index is 12.8. The highest BCUT2D eigenvalue weighted by atomic mass is 16.4. The molecule has 4 amide bonds. The van der Waals surface area contributed by atoms with Gasteiger partial charge in [-0.1, -0.05) is 42.5 Å². The third kappa shape index (κ3) is 9.43. The van der Waals surface area contributed by atoms with Gasteiger partial charge in [-0.3, -0.25) is 19.2 Å². The average molecular weight is 500 g/mol. The molecular weight excluding hydrogens is 470 g/mol. The van der Waals surface area contributed by atoms with E-state index in [0.717, 1.165) is 0 Å². The van der Waals surface area contributed by atoms with Crippen molar-refractivity contribution >= 4 is 29.6 Å². The Kier molecular flexibility index (Phi) is 10.4. The number of primary amides is 1. The van der Waals surface area contributed by atoms with E-state index in [0.29, 0.717) is 11.1 Å². The van der Waals surface area contributed by atoms with Crippen LogP contribution in [0.25, 0.3) is 0 Å². The van der Waals surface area contributed by atoms with Gasteiger partial charge in [-0.2, -0.15) is 0 Å². The van der Waals surface area contributed by atoms with E-state index in [2.05, 4.69) is 16.0 Å². The molecule has 0 bridgehead atoms. The normalized spacial score (nSPS) is 13.0. The fourth-order valence-electron chi connectivity index (χ4n) is 3.25. The molecule has 192 valence electrons. The minimum Gasteiger partial charge on any atom is -0.508 e. The van der Waals surface area contributed by atoms with Crippen molar-refractivity contribution in [2.24, 2.45) is 11.5 Å². The molecule has 0 aliphatic carbocycles. The summed E-state index contributed by atoms with van der Waals surface area (Å²) in [4.78, 5) is 60.1. The lowest BCUT2D eigenvalue weighted by Crippen LogP contribution is -2.54. The van der Waals surface area contributed by atoms with Crippen LogP contribution in [-0.4, -0.2) is 64.5 Å². The van der Waals surface area contributed by atoms with Gasteiger partial charge in [-0.05, 0) is 23.3 Å². The highest BCUT2D eigenvalue weighted by Crippen LogP contribution is 2.12. The number of carboxylic acid groups (broad SMARTS) is 1. The second-order valence-electron chi connectivity index (χ2n) is 8.07. The number of carboxylic acids is 1. The van der Waals surface area contributed by atoms with E-state index in [1.165, 1.54) is 12.1 Å². The lowest BCUT2D eigenvalue weighted by atomic mass is 10.0. The lowest BCUT2D eigenvalue weighted by molar-refractivity contribution is -0.141. The topological polar surface area (TPSA) is 214 Å². The van der Waals surface area contributed by atoms with E-state index < -0.39 is 60.7 Å². The van der Waals surface area contributed by atoms with E-state index in [1.54, 1.807) is 42.5 Å². The summed E-state index contributed by atoms with van der Waals surface area (Å²) in [5.74, 6) is -4.31. The second-order valence-corrected chi connectivity index (χ2v) is 8.07. The number of nitrogens with one attached hydrogen (secondary N) is 3. The Bertz CT molecular complexity index is 1080. The number of benzene rings is 2. The van der Waals surface area contributed by atoms with Gasteiger partial charge < -0.3 is 37.6 Å². The molecule has 0 heterocycles. The SMILES string of the molecule is NC(=O)CC(N)C(=O)NC(Cc1ccc(O)cc1)C(=O)NCC(=O)NC(Cc1ccccc1)C(=O)O. The number of carbonyl (C=O) groups is 5. The third-order valence-electron chi connectivity index (χ3n) is 5.11. The van der Waals surface area contributed by atoms with Crippen LogP contribution in [0.5, 0.6) is 5.75 Å². The van der Waals surface area contributed by atoms with Crippen molar-refractivity contribution < 1.29 is 34.2 Å². The van der Waals surface area contributed by atoms with Gasteiger partial charge in [0.25, 0.3) is 0 Å². The summed E-state index contributed by atoms with van der Waals surface area (Å²) in [6.45, 7) is -0.549. The zero-order valence-electron chi connectivity index (χ0n) is 19.3. The summed E-state index contributed by atoms with van der Waals surface area (Å²) in [5, 5.41) is 26.0. The molecule has 0 aromatic heterocycles. The fraction of sp³-hybridized carbons (Fsp3) is 0.292. The van der Waals surface area contributed by atoms with Gasteiger partial charge in [0, 0.05) is 12.8 Å². The molecule has 12 nitrogen and oxygen atoms in total. The Labute approximate surface area is 207 Å². The highest BCUT2D eigenvalue weighted by molar-refractivity contribution is 5.94. The number of phenols is 1. The van der Waals surface area contributed by atoms with Crippen molar-refractivity contribution in [3.63, 3.8) is 0 Å². The molecule has 2 aromatic carbocycles. The molecule has 9 N–H and O–H groups in total. The average Bonchev–Trinajstić information content (AvgIpc) is 2.83. The molecule has 0 fully saturated rings. The number of aliphatic carboxylic acids is 1. The van der Waals surface area contributed by atoms with Crippen molar-refractivity contribution in [1.29, 1.82) is 0 Å². The van der Waals surface area contributed by atoms with Crippen molar-refractivity contribution in [1.82, 2.24) is 16.0 Å². The highest BCUT2D eigenvalue weighted by Gasteiger charge is 2.26. The largest absolute Gasteiger partial charge is 0.508 e. The van der Waals surface area contributed by atoms with Crippen LogP contribution in [0.1, 0.15) is 17.5 Å². The van der Waals surface area contributed by atoms with E-state index in [9.17, 15) is 34.2 Å². The summed E-state index contributed by atoms with van der Waals surface area (Å²) in [5.41, 5.74) is 12.0. The van der Waals surface area contributed by atoms with Gasteiger partial charge in [0.05, 0.1) is 19.0 Å². The Morgan fingerprint density at radius 3 is 1.97 bits per heavy atom. The van der Waals surface area contributed by atoms with Gasteiger partial charge >= 0.3 is 5.97 Å². The van der Waals surface area contributed by atoms with E-state index in [4.69, 9.17) is 11.5 Å². The van der Waals surface area contributed by atoms with Crippen LogP contribution in [-0.2, 0) is 36.8 Å². The standard InChI is InChI=1S/C24H29N5O7/c25-17(12-20(26)31)22(33)29-18(10-15-6-8-16(30)9-7-15)23(34)27-13-21(32)28-19(24(35)36)11-14-4-2-1-3-5-14/h1-9,17-19,30H,10-13,25H2,(H2,26,31)(H,27,34)(H,28,32)(H,29,33)(H,35,36). The van der Waals surface area contributed by atoms with Crippen LogP contribution in [0.3, 0.4) is 0 Å². The number of aromatic hydroxyl groups is 1. The molecule has 0 radical (unpaired) electrons. The number of phenolic OH excluding ortho intramolecular Hbond substituents is 1. The fourth-order valence-corrected chi connectivity index (χ4v) is 3.25. The summed E-state index contributed by atoms with van der Waals surface area (Å²) in [7, 11) is 0. The summed E-state index contributed by atoms with van der Waals surface area (Å²) < 4.78 is 0. The van der Waals surface area contributed by atoms with Gasteiger partial charge in [0.2, 0.25) is 23.6 Å². The first-order valence-corrected chi connectivity index (χ1v) is 11.0. The smallest absolute Gasteiger partial charge is 0.326 e. The number of hydrogen-bond acceptors (Lipinski definition) is 7. The summed E-state index contributed by atoms with van der Waals surface area (Å²) >= 11 is 0. The molecule has 2 aromatic rings. The molecule has 36 heavy (non-hydrogen) atoms. The maximum absolute atomic E-state index is 12.8. The summed E-state index contributed by atoms with van der Waals surface area (Å²) in [6.07, 6.45) is -0.401. The Morgan fingerprint density at radius 1 is 0.806 bits per heavy atom. The van der Waals surface area contributed by atoms with Crippen LogP contribution in [0.4, 0.5) is 0 Å². The maximum Gasteiger partial charge on any atom is 0.326 e. The zero-order chi connectivity index (χ0) is 26.7. The minimum absolute atomic E-state index is 0.00688. The molecule has 0 saturated carbocycles. The van der Waals surface area contributed by atoms with E-state index in [-0.39, 0.29) is 18.6 Å². The monoisotopic (exact) mass is 499 g/mol. The first-order chi connectivity index (χ1) is 17.0. The lowest BCUT2D eigenvalue weighted by Gasteiger charge is -2.21. The van der Waals surface area contributed by atoms with Gasteiger partial charge in [0.15, 0.2) is 0 Å². The van der Waals surface area contributed by atoms with Gasteiger partial charge in [-0.15, -0.1) is 0 Å². The van der Waals surface area contributed by atoms with Gasteiger partial charge in [-0.25, -0.2) is 4.79 Å². The zero-order valence-corrected chi connectivity index (χ0v) is 19.3. The quantitative estimate of drug-likeness (QED) is 0.173. The van der Waals surface area contributed by atoms with Crippen LogP contribution in [0.2, 0.25) is 0 Å². The van der Waals surface area contributed by atoms with Crippen molar-refractivity contribution in [2.75, 3.05) is 6.54 Å². The molecule has 2 rings (SSSR count). The molecule has 0 spiro atoms. The number of carbonyl (C=O) groups excluding carboxylic acids is 4. The predicted molar refractivity (Wildman–Crippen MR) is 128 cm³/mol. The Balaban J connectivity index is 2.02. The molecular formula is C24H29N5O7. The number of nitrogens with two attached hydrogens (primary N) is 2. The second kappa shape index (κ2) is 13.4. The molecule has 0 aliphatic heterocycles. The summed E-state index contributed by atoms with van der Waals surface area (Å²) in [6, 6.07) is 10.9.